The van der Waals surface area contributed by atoms with E-state index in [4.69, 9.17) is 4.42 Å². The Morgan fingerprint density at radius 2 is 1.73 bits per heavy atom. The molecule has 1 heterocycles. The number of carbonyl (C=O) groups is 2. The number of hydrogen-bond acceptors (Lipinski definition) is 4. The van der Waals surface area contributed by atoms with Crippen LogP contribution in [-0.2, 0) is 0 Å². The highest BCUT2D eigenvalue weighted by atomic mass is 16.3. The van der Waals surface area contributed by atoms with Gasteiger partial charge in [0.1, 0.15) is 0 Å². The molecule has 3 aromatic rings. The first-order valence-corrected chi connectivity index (χ1v) is 7.97. The largest absolute Gasteiger partial charge is 0.459 e. The fraction of sp³-hybridized carbons (Fsp3) is 0.0500. The Labute approximate surface area is 150 Å². The summed E-state index contributed by atoms with van der Waals surface area (Å²) in [6, 6.07) is 17.6. The molecule has 0 atom stereocenters. The molecule has 0 spiro atoms. The zero-order chi connectivity index (χ0) is 18.4. The summed E-state index contributed by atoms with van der Waals surface area (Å²) in [6.07, 6.45) is 2.97. The van der Waals surface area contributed by atoms with Crippen molar-refractivity contribution in [3.63, 3.8) is 0 Å². The monoisotopic (exact) mass is 347 g/mol. The van der Waals surface area contributed by atoms with Gasteiger partial charge in [0.15, 0.2) is 5.76 Å². The lowest BCUT2D eigenvalue weighted by Crippen LogP contribution is -2.21. The van der Waals surface area contributed by atoms with Gasteiger partial charge < -0.3 is 9.73 Å². The summed E-state index contributed by atoms with van der Waals surface area (Å²) in [4.78, 5) is 24.5. The predicted molar refractivity (Wildman–Crippen MR) is 99.3 cm³/mol. The number of para-hydroxylation sites is 1. The second kappa shape index (κ2) is 7.94. The van der Waals surface area contributed by atoms with E-state index < -0.39 is 11.8 Å². The molecule has 0 aliphatic heterocycles. The first kappa shape index (κ1) is 17.2. The van der Waals surface area contributed by atoms with Gasteiger partial charge in [-0.2, -0.15) is 5.10 Å². The molecule has 2 amide bonds. The molecule has 2 N–H and O–H groups in total. The first-order valence-electron chi connectivity index (χ1n) is 7.97. The van der Waals surface area contributed by atoms with Crippen molar-refractivity contribution in [2.45, 2.75) is 6.92 Å². The van der Waals surface area contributed by atoms with E-state index in [9.17, 15) is 9.59 Å². The quantitative estimate of drug-likeness (QED) is 0.546. The Hall–Kier alpha value is -3.67. The number of hydrazone groups is 1. The molecule has 0 unspecified atom stereocenters. The summed E-state index contributed by atoms with van der Waals surface area (Å²) < 4.78 is 5.05. The molecule has 0 aliphatic carbocycles. The van der Waals surface area contributed by atoms with E-state index in [1.54, 1.807) is 42.6 Å². The highest BCUT2D eigenvalue weighted by Crippen LogP contribution is 2.16. The van der Waals surface area contributed by atoms with Crippen molar-refractivity contribution in [1.82, 2.24) is 5.43 Å². The minimum atomic E-state index is -0.432. The van der Waals surface area contributed by atoms with Gasteiger partial charge in [-0.05, 0) is 36.8 Å². The van der Waals surface area contributed by atoms with Crippen LogP contribution in [0.2, 0.25) is 0 Å². The van der Waals surface area contributed by atoms with Crippen molar-refractivity contribution in [2.24, 2.45) is 5.10 Å². The van der Waals surface area contributed by atoms with E-state index in [1.807, 2.05) is 31.2 Å². The lowest BCUT2D eigenvalue weighted by molar-refractivity contribution is 0.0956. The molecule has 26 heavy (non-hydrogen) atoms. The van der Waals surface area contributed by atoms with Crippen LogP contribution in [-0.4, -0.2) is 18.0 Å². The van der Waals surface area contributed by atoms with Crippen LogP contribution in [0, 0.1) is 6.92 Å². The number of nitrogens with one attached hydrogen (secondary N) is 2. The summed E-state index contributed by atoms with van der Waals surface area (Å²) >= 11 is 0. The van der Waals surface area contributed by atoms with Gasteiger partial charge in [0.2, 0.25) is 0 Å². The fourth-order valence-electron chi connectivity index (χ4n) is 2.26. The van der Waals surface area contributed by atoms with Crippen LogP contribution in [0.15, 0.2) is 76.4 Å². The molecule has 0 saturated carbocycles. The third-order valence-corrected chi connectivity index (χ3v) is 3.62. The summed E-state index contributed by atoms with van der Waals surface area (Å²) in [5.41, 5.74) is 5.15. The highest BCUT2D eigenvalue weighted by molar-refractivity contribution is 6.07. The van der Waals surface area contributed by atoms with Crippen molar-refractivity contribution in [2.75, 3.05) is 5.32 Å². The number of anilines is 1. The van der Waals surface area contributed by atoms with Gasteiger partial charge in [0.25, 0.3) is 11.8 Å². The van der Waals surface area contributed by atoms with Gasteiger partial charge in [0.05, 0.1) is 23.7 Å². The minimum Gasteiger partial charge on any atom is -0.459 e. The second-order valence-electron chi connectivity index (χ2n) is 5.59. The summed E-state index contributed by atoms with van der Waals surface area (Å²) in [5.74, 6) is -0.695. The maximum Gasteiger partial charge on any atom is 0.291 e. The van der Waals surface area contributed by atoms with E-state index >= 15 is 0 Å². The van der Waals surface area contributed by atoms with Crippen LogP contribution >= 0.6 is 0 Å². The van der Waals surface area contributed by atoms with E-state index in [-0.39, 0.29) is 5.76 Å². The number of rotatable bonds is 5. The van der Waals surface area contributed by atoms with Crippen molar-refractivity contribution in [3.05, 3.63) is 89.4 Å². The van der Waals surface area contributed by atoms with Gasteiger partial charge >= 0.3 is 0 Å². The molecule has 1 aromatic heterocycles. The van der Waals surface area contributed by atoms with Crippen LogP contribution in [0.25, 0.3) is 0 Å². The molecule has 2 aromatic carbocycles. The standard InChI is InChI=1S/C20H17N3O3/c1-14-8-10-15(11-9-14)13-21-23-19(24)16-5-2-3-6-17(16)22-20(25)18-7-4-12-26-18/h2-13H,1H3,(H,22,25)(H,23,24)/b21-13-. The molecule has 3 rings (SSSR count). The molecule has 0 radical (unpaired) electrons. The van der Waals surface area contributed by atoms with Crippen molar-refractivity contribution < 1.29 is 14.0 Å². The van der Waals surface area contributed by atoms with Crippen molar-refractivity contribution >= 4 is 23.7 Å². The molecule has 130 valence electrons. The predicted octanol–water partition coefficient (Wildman–Crippen LogP) is 3.60. The number of nitrogens with zero attached hydrogens (tertiary/aromatic N) is 1. The van der Waals surface area contributed by atoms with Crippen LogP contribution in [0.4, 0.5) is 5.69 Å². The Bertz CT molecular complexity index is 929. The first-order chi connectivity index (χ1) is 12.6. The molecule has 0 aliphatic rings. The van der Waals surface area contributed by atoms with Crippen LogP contribution in [0.1, 0.15) is 32.0 Å². The van der Waals surface area contributed by atoms with Gasteiger partial charge in [0, 0.05) is 0 Å². The molecule has 0 saturated heterocycles. The Morgan fingerprint density at radius 3 is 2.46 bits per heavy atom. The third-order valence-electron chi connectivity index (χ3n) is 3.62. The van der Waals surface area contributed by atoms with E-state index in [1.165, 1.54) is 6.26 Å². The molecule has 6 nitrogen and oxygen atoms in total. The lowest BCUT2D eigenvalue weighted by Gasteiger charge is -2.08. The average Bonchev–Trinajstić information content (AvgIpc) is 3.18. The zero-order valence-corrected chi connectivity index (χ0v) is 14.1. The SMILES string of the molecule is Cc1ccc(/C=N\NC(=O)c2ccccc2NC(=O)c2ccco2)cc1. The number of carbonyl (C=O) groups excluding carboxylic acids is 2. The number of amides is 2. The van der Waals surface area contributed by atoms with Gasteiger partial charge in [-0.3, -0.25) is 9.59 Å². The number of hydrogen-bond donors (Lipinski definition) is 2. The smallest absolute Gasteiger partial charge is 0.291 e. The Morgan fingerprint density at radius 1 is 0.962 bits per heavy atom. The van der Waals surface area contributed by atoms with Crippen molar-refractivity contribution in [3.8, 4) is 0 Å². The van der Waals surface area contributed by atoms with Gasteiger partial charge in [-0.15, -0.1) is 0 Å². The van der Waals surface area contributed by atoms with Crippen molar-refractivity contribution in [1.29, 1.82) is 0 Å². The molecule has 0 bridgehead atoms. The number of aryl methyl sites for hydroxylation is 1. The Kier molecular flexibility index (Phi) is 5.24. The minimum absolute atomic E-state index is 0.164. The fourth-order valence-corrected chi connectivity index (χ4v) is 2.26. The van der Waals surface area contributed by atoms with Crippen LogP contribution in [0.3, 0.4) is 0 Å². The highest BCUT2D eigenvalue weighted by Gasteiger charge is 2.14. The number of benzene rings is 2. The summed E-state index contributed by atoms with van der Waals surface area (Å²) in [5, 5.41) is 6.62. The molecular weight excluding hydrogens is 330 g/mol. The number of furan rings is 1. The summed E-state index contributed by atoms with van der Waals surface area (Å²) in [6.45, 7) is 2.00. The molecule has 0 fully saturated rings. The second-order valence-corrected chi connectivity index (χ2v) is 5.59. The molecular formula is C20H17N3O3. The maximum atomic E-state index is 12.4. The Balaban J connectivity index is 1.69. The van der Waals surface area contributed by atoms with E-state index in [0.717, 1.165) is 11.1 Å². The van der Waals surface area contributed by atoms with E-state index in [0.29, 0.717) is 11.3 Å². The maximum absolute atomic E-state index is 12.4. The van der Waals surface area contributed by atoms with Crippen LogP contribution in [0.5, 0.6) is 0 Å². The summed E-state index contributed by atoms with van der Waals surface area (Å²) in [7, 11) is 0. The van der Waals surface area contributed by atoms with E-state index in [2.05, 4.69) is 15.8 Å². The molecule has 6 heteroatoms. The lowest BCUT2D eigenvalue weighted by atomic mass is 10.1. The topological polar surface area (TPSA) is 83.7 Å². The third kappa shape index (κ3) is 4.24. The normalized spacial score (nSPS) is 10.7. The van der Waals surface area contributed by atoms with Gasteiger partial charge in [-0.25, -0.2) is 5.43 Å². The zero-order valence-electron chi connectivity index (χ0n) is 14.1. The van der Waals surface area contributed by atoms with Crippen LogP contribution < -0.4 is 10.7 Å². The average molecular weight is 347 g/mol. The van der Waals surface area contributed by atoms with Gasteiger partial charge in [-0.1, -0.05) is 42.0 Å².